The molecular formula is C19H24O4Si. The summed E-state index contributed by atoms with van der Waals surface area (Å²) in [6.07, 6.45) is 0.534. The largest absolute Gasteiger partial charge is 0.468 e. The van der Waals surface area contributed by atoms with Crippen LogP contribution in [0.25, 0.3) is 0 Å². The Kier molecular flexibility index (Phi) is 5.13. The van der Waals surface area contributed by atoms with Crippen molar-refractivity contribution in [2.24, 2.45) is 5.41 Å². The van der Waals surface area contributed by atoms with Gasteiger partial charge in [0.15, 0.2) is 5.41 Å². The van der Waals surface area contributed by atoms with Crippen molar-refractivity contribution in [3.8, 4) is 0 Å². The summed E-state index contributed by atoms with van der Waals surface area (Å²) >= 11 is 0. The smallest absolute Gasteiger partial charge is 0.323 e. The Labute approximate surface area is 144 Å². The normalized spacial score (nSPS) is 18.5. The predicted octanol–water partition coefficient (Wildman–Crippen LogP) is 2.75. The summed E-state index contributed by atoms with van der Waals surface area (Å²) in [4.78, 5) is 24.6. The van der Waals surface area contributed by atoms with Gasteiger partial charge in [0.05, 0.1) is 14.2 Å². The molecule has 0 unspecified atom stereocenters. The molecule has 0 atom stereocenters. The highest BCUT2D eigenvalue weighted by Crippen LogP contribution is 2.46. The molecule has 2 rings (SSSR count). The number of allylic oxidation sites excluding steroid dienone is 2. The second-order valence-corrected chi connectivity index (χ2v) is 11.1. The fraction of sp³-hybridized carbons (Fsp3) is 0.368. The maximum absolute atomic E-state index is 12.3. The van der Waals surface area contributed by atoms with Gasteiger partial charge >= 0.3 is 11.9 Å². The van der Waals surface area contributed by atoms with Crippen molar-refractivity contribution in [2.75, 3.05) is 14.2 Å². The average Bonchev–Trinajstić information content (AvgIpc) is 2.91. The number of esters is 2. The summed E-state index contributed by atoms with van der Waals surface area (Å²) in [7, 11) is 0.718. The van der Waals surface area contributed by atoms with Crippen LogP contribution in [0.3, 0.4) is 0 Å². The number of rotatable bonds is 4. The molecule has 0 N–H and O–H groups in total. The zero-order chi connectivity index (χ0) is 18.0. The van der Waals surface area contributed by atoms with Gasteiger partial charge in [-0.15, -0.1) is 0 Å². The highest BCUT2D eigenvalue weighted by atomic mass is 28.3. The van der Waals surface area contributed by atoms with Crippen LogP contribution >= 0.6 is 0 Å². The van der Waals surface area contributed by atoms with E-state index in [2.05, 4.69) is 37.5 Å². The van der Waals surface area contributed by atoms with E-state index in [1.807, 2.05) is 18.2 Å². The Morgan fingerprint density at radius 3 is 2.12 bits per heavy atom. The van der Waals surface area contributed by atoms with Gasteiger partial charge in [0.1, 0.15) is 8.07 Å². The first-order valence-electron chi connectivity index (χ1n) is 7.89. The molecule has 1 aliphatic rings. The summed E-state index contributed by atoms with van der Waals surface area (Å²) in [5, 5.41) is 1.29. The Hall–Kier alpha value is -2.14. The molecule has 0 spiro atoms. The molecule has 128 valence electrons. The van der Waals surface area contributed by atoms with Gasteiger partial charge in [-0.25, -0.2) is 0 Å². The molecule has 1 fully saturated rings. The molecule has 0 aliphatic heterocycles. The molecule has 1 aromatic rings. The van der Waals surface area contributed by atoms with Gasteiger partial charge in [0, 0.05) is 0 Å². The molecule has 0 amide bonds. The van der Waals surface area contributed by atoms with Gasteiger partial charge in [-0.1, -0.05) is 72.0 Å². The third-order valence-electron chi connectivity index (χ3n) is 4.67. The number of ether oxygens (including phenoxy) is 2. The Balaban J connectivity index is 2.41. The van der Waals surface area contributed by atoms with Gasteiger partial charge in [0.2, 0.25) is 0 Å². The van der Waals surface area contributed by atoms with Crippen LogP contribution in [0.4, 0.5) is 0 Å². The van der Waals surface area contributed by atoms with Crippen LogP contribution < -0.4 is 5.19 Å². The Morgan fingerprint density at radius 2 is 1.62 bits per heavy atom. The minimum absolute atomic E-state index is 0.247. The van der Waals surface area contributed by atoms with Crippen molar-refractivity contribution >= 4 is 25.2 Å². The van der Waals surface area contributed by atoms with Crippen molar-refractivity contribution in [1.82, 2.24) is 0 Å². The zero-order valence-electron chi connectivity index (χ0n) is 14.7. The van der Waals surface area contributed by atoms with Gasteiger partial charge < -0.3 is 9.47 Å². The molecule has 0 radical (unpaired) electrons. The summed E-state index contributed by atoms with van der Waals surface area (Å²) < 4.78 is 9.75. The molecule has 24 heavy (non-hydrogen) atoms. The minimum atomic E-state index is -1.87. The van der Waals surface area contributed by atoms with Crippen molar-refractivity contribution in [2.45, 2.75) is 25.9 Å². The molecule has 0 bridgehead atoms. The van der Waals surface area contributed by atoms with Gasteiger partial charge in [-0.05, 0) is 12.8 Å². The summed E-state index contributed by atoms with van der Waals surface area (Å²) in [5.74, 6) is -1.11. The summed E-state index contributed by atoms with van der Waals surface area (Å²) in [6, 6.07) is 10.3. The molecule has 0 heterocycles. The van der Waals surface area contributed by atoms with Gasteiger partial charge in [-0.2, -0.15) is 0 Å². The van der Waals surface area contributed by atoms with Crippen LogP contribution in [-0.4, -0.2) is 34.2 Å². The Morgan fingerprint density at radius 1 is 1.08 bits per heavy atom. The van der Waals surface area contributed by atoms with Crippen molar-refractivity contribution in [1.29, 1.82) is 0 Å². The number of benzene rings is 1. The van der Waals surface area contributed by atoms with Gasteiger partial charge in [0.25, 0.3) is 0 Å². The Bertz CT molecular complexity index is 673. The minimum Gasteiger partial charge on any atom is -0.468 e. The molecule has 5 heteroatoms. The van der Waals surface area contributed by atoms with E-state index in [-0.39, 0.29) is 12.8 Å². The third-order valence-corrected chi connectivity index (χ3v) is 7.56. The number of carbonyl (C=O) groups excluding carboxylic acids is 2. The first-order chi connectivity index (χ1) is 11.3. The number of hydrogen-bond donors (Lipinski definition) is 0. The van der Waals surface area contributed by atoms with Crippen molar-refractivity contribution < 1.29 is 19.1 Å². The lowest BCUT2D eigenvalue weighted by Gasteiger charge is -2.22. The number of carbonyl (C=O) groups is 2. The van der Waals surface area contributed by atoms with E-state index in [1.165, 1.54) is 19.4 Å². The van der Waals surface area contributed by atoms with E-state index in [0.717, 1.165) is 11.1 Å². The number of hydrogen-bond acceptors (Lipinski definition) is 4. The first-order valence-corrected chi connectivity index (χ1v) is 11.0. The lowest BCUT2D eigenvalue weighted by Crippen LogP contribution is -2.40. The molecule has 1 aromatic carbocycles. The van der Waals surface area contributed by atoms with Crippen LogP contribution in [0.5, 0.6) is 0 Å². The highest BCUT2D eigenvalue weighted by Gasteiger charge is 2.53. The maximum Gasteiger partial charge on any atom is 0.323 e. The van der Waals surface area contributed by atoms with Crippen LogP contribution in [0.2, 0.25) is 13.1 Å². The highest BCUT2D eigenvalue weighted by molar-refractivity contribution is 6.94. The van der Waals surface area contributed by atoms with Crippen molar-refractivity contribution in [3.05, 3.63) is 53.8 Å². The van der Waals surface area contributed by atoms with E-state index in [1.54, 1.807) is 0 Å². The van der Waals surface area contributed by atoms with Crippen LogP contribution in [-0.2, 0) is 19.1 Å². The second-order valence-electron chi connectivity index (χ2n) is 6.78. The lowest BCUT2D eigenvalue weighted by atomic mass is 9.86. The lowest BCUT2D eigenvalue weighted by molar-refractivity contribution is -0.168. The average molecular weight is 344 g/mol. The molecule has 1 aliphatic carbocycles. The second kappa shape index (κ2) is 6.77. The fourth-order valence-corrected chi connectivity index (χ4v) is 5.69. The molecular weight excluding hydrogens is 320 g/mol. The number of methoxy groups -OCH3 is 2. The van der Waals surface area contributed by atoms with Crippen LogP contribution in [0, 0.1) is 5.41 Å². The van der Waals surface area contributed by atoms with E-state index < -0.39 is 25.4 Å². The monoisotopic (exact) mass is 344 g/mol. The first kappa shape index (κ1) is 18.2. The summed E-state index contributed by atoms with van der Waals surface area (Å²) in [5.41, 5.74) is 2.69. The van der Waals surface area contributed by atoms with E-state index in [0.29, 0.717) is 0 Å². The third kappa shape index (κ3) is 3.22. The van der Waals surface area contributed by atoms with E-state index in [4.69, 9.17) is 9.47 Å². The van der Waals surface area contributed by atoms with E-state index >= 15 is 0 Å². The summed E-state index contributed by atoms with van der Waals surface area (Å²) in [6.45, 7) is 8.55. The van der Waals surface area contributed by atoms with Crippen LogP contribution in [0.1, 0.15) is 12.8 Å². The maximum atomic E-state index is 12.3. The van der Waals surface area contributed by atoms with E-state index in [9.17, 15) is 9.59 Å². The zero-order valence-corrected chi connectivity index (χ0v) is 15.7. The molecule has 1 saturated carbocycles. The predicted molar refractivity (Wildman–Crippen MR) is 96.5 cm³/mol. The van der Waals surface area contributed by atoms with Crippen molar-refractivity contribution in [3.63, 3.8) is 0 Å². The quantitative estimate of drug-likeness (QED) is 0.479. The topological polar surface area (TPSA) is 52.6 Å². The molecule has 0 aromatic heterocycles. The fourth-order valence-electron chi connectivity index (χ4n) is 3.29. The molecule has 0 saturated heterocycles. The van der Waals surface area contributed by atoms with Gasteiger partial charge in [-0.3, -0.25) is 9.59 Å². The standard InChI is InChI=1S/C19H24O4Si/c1-14-11-19(17(20)22-2,18(21)23-3)12-15(14)13-24(4,5)16-9-7-6-8-10-16/h6-10,13H,1,11-12H2,2-5H3/b15-13-. The van der Waals surface area contributed by atoms with Crippen LogP contribution in [0.15, 0.2) is 53.8 Å². The SMILES string of the molecule is C=C1CC(C(=O)OC)(C(=O)OC)C/C1=C/[Si](C)(C)c1ccccc1. The molecule has 4 nitrogen and oxygen atoms in total.